The van der Waals surface area contributed by atoms with E-state index in [1.807, 2.05) is 42.5 Å². The summed E-state index contributed by atoms with van der Waals surface area (Å²) >= 11 is 0. The van der Waals surface area contributed by atoms with Crippen LogP contribution in [-0.2, 0) is 4.79 Å². The fourth-order valence-corrected chi connectivity index (χ4v) is 3.75. The molecule has 1 saturated carbocycles. The van der Waals surface area contributed by atoms with Gasteiger partial charge in [-0.15, -0.1) is 0 Å². The summed E-state index contributed by atoms with van der Waals surface area (Å²) in [7, 11) is 0. The van der Waals surface area contributed by atoms with Gasteiger partial charge in [-0.2, -0.15) is 0 Å². The van der Waals surface area contributed by atoms with E-state index in [4.69, 9.17) is 0 Å². The van der Waals surface area contributed by atoms with E-state index < -0.39 is 0 Å². The van der Waals surface area contributed by atoms with Crippen molar-refractivity contribution in [3.63, 3.8) is 0 Å². The van der Waals surface area contributed by atoms with Crippen molar-refractivity contribution >= 4 is 11.6 Å². The highest BCUT2D eigenvalue weighted by molar-refractivity contribution is 5.96. The van der Waals surface area contributed by atoms with Gasteiger partial charge in [0.2, 0.25) is 5.91 Å². The van der Waals surface area contributed by atoms with Crippen molar-refractivity contribution in [2.24, 2.45) is 11.8 Å². The normalized spacial score (nSPS) is 23.2. The minimum absolute atomic E-state index is 0.0220. The van der Waals surface area contributed by atoms with E-state index in [1.165, 1.54) is 19.3 Å². The van der Waals surface area contributed by atoms with Crippen molar-refractivity contribution in [1.82, 2.24) is 5.32 Å². The first-order chi connectivity index (χ1) is 12.1. The Bertz CT molecular complexity index is 698. The van der Waals surface area contributed by atoms with Crippen LogP contribution in [0.1, 0.15) is 33.1 Å². The molecule has 2 aromatic rings. The second-order valence-electron chi connectivity index (χ2n) is 7.21. The molecule has 0 aliphatic heterocycles. The fraction of sp³-hybridized carbons (Fsp3) is 0.409. The predicted molar refractivity (Wildman–Crippen MR) is 104 cm³/mol. The highest BCUT2D eigenvalue weighted by Gasteiger charge is 2.26. The first kappa shape index (κ1) is 17.7. The Kier molecular flexibility index (Phi) is 5.87. The van der Waals surface area contributed by atoms with Gasteiger partial charge >= 0.3 is 0 Å². The summed E-state index contributed by atoms with van der Waals surface area (Å²) in [5.41, 5.74) is 3.03. The molecule has 1 aliphatic rings. The molecule has 0 saturated heterocycles. The van der Waals surface area contributed by atoms with Crippen LogP contribution in [0, 0.1) is 11.8 Å². The van der Waals surface area contributed by atoms with Gasteiger partial charge in [0.15, 0.2) is 0 Å². The maximum Gasteiger partial charge on any atom is 0.238 e. The molecule has 0 radical (unpaired) electrons. The van der Waals surface area contributed by atoms with Crippen LogP contribution < -0.4 is 10.6 Å². The standard InChI is InChI=1S/C22H28N2O/c1-16-9-8-14-20(17(16)2)23-15-22(25)24-21-13-7-6-12-19(21)18-10-4-3-5-11-18/h3-7,10-13,16-17,20,23H,8-9,14-15H2,1-2H3,(H,24,25)/t16-,17-,20-/m1/s1. The van der Waals surface area contributed by atoms with Crippen LogP contribution in [0.3, 0.4) is 0 Å². The summed E-state index contributed by atoms with van der Waals surface area (Å²) in [6, 6.07) is 18.6. The molecule has 25 heavy (non-hydrogen) atoms. The molecule has 3 rings (SSSR count). The number of rotatable bonds is 5. The van der Waals surface area contributed by atoms with Crippen molar-refractivity contribution in [3.8, 4) is 11.1 Å². The second kappa shape index (κ2) is 8.30. The lowest BCUT2D eigenvalue weighted by Crippen LogP contribution is -2.43. The second-order valence-corrected chi connectivity index (χ2v) is 7.21. The lowest BCUT2D eigenvalue weighted by molar-refractivity contribution is -0.115. The van der Waals surface area contributed by atoms with E-state index >= 15 is 0 Å². The molecule has 3 heteroatoms. The third-order valence-corrected chi connectivity index (χ3v) is 5.52. The van der Waals surface area contributed by atoms with Crippen LogP contribution in [0.15, 0.2) is 54.6 Å². The maximum atomic E-state index is 12.5. The van der Waals surface area contributed by atoms with Crippen LogP contribution in [0.25, 0.3) is 11.1 Å². The van der Waals surface area contributed by atoms with Gasteiger partial charge in [-0.25, -0.2) is 0 Å². The van der Waals surface area contributed by atoms with Crippen molar-refractivity contribution in [3.05, 3.63) is 54.6 Å². The summed E-state index contributed by atoms with van der Waals surface area (Å²) in [5, 5.41) is 6.54. The summed E-state index contributed by atoms with van der Waals surface area (Å²) in [5.74, 6) is 1.38. The molecule has 1 aliphatic carbocycles. The van der Waals surface area contributed by atoms with Gasteiger partial charge in [0.1, 0.15) is 0 Å². The Morgan fingerprint density at radius 3 is 2.52 bits per heavy atom. The number of hydrogen-bond acceptors (Lipinski definition) is 2. The molecule has 3 nitrogen and oxygen atoms in total. The fourth-order valence-electron chi connectivity index (χ4n) is 3.75. The topological polar surface area (TPSA) is 41.1 Å². The molecule has 3 atom stereocenters. The lowest BCUT2D eigenvalue weighted by atomic mass is 9.78. The average Bonchev–Trinajstić information content (AvgIpc) is 2.64. The van der Waals surface area contributed by atoms with E-state index in [0.29, 0.717) is 18.5 Å². The zero-order chi connectivity index (χ0) is 17.6. The van der Waals surface area contributed by atoms with Crippen LogP contribution in [0.2, 0.25) is 0 Å². The van der Waals surface area contributed by atoms with Crippen molar-refractivity contribution < 1.29 is 4.79 Å². The molecule has 0 heterocycles. The zero-order valence-corrected chi connectivity index (χ0v) is 15.2. The Hall–Kier alpha value is -2.13. The number of para-hydroxylation sites is 1. The Morgan fingerprint density at radius 1 is 1.00 bits per heavy atom. The third kappa shape index (κ3) is 4.49. The van der Waals surface area contributed by atoms with E-state index in [9.17, 15) is 4.79 Å². The Labute approximate surface area is 150 Å². The van der Waals surface area contributed by atoms with E-state index in [0.717, 1.165) is 22.7 Å². The minimum atomic E-state index is 0.0220. The predicted octanol–water partition coefficient (Wildman–Crippen LogP) is 4.71. The highest BCUT2D eigenvalue weighted by atomic mass is 16.1. The summed E-state index contributed by atoms with van der Waals surface area (Å²) in [6.07, 6.45) is 3.72. The monoisotopic (exact) mass is 336 g/mol. The number of carbonyl (C=O) groups excluding carboxylic acids is 1. The van der Waals surface area contributed by atoms with Crippen molar-refractivity contribution in [2.45, 2.75) is 39.2 Å². The maximum absolute atomic E-state index is 12.5. The van der Waals surface area contributed by atoms with Crippen LogP contribution in [0.5, 0.6) is 0 Å². The van der Waals surface area contributed by atoms with Gasteiger partial charge in [0.05, 0.1) is 6.54 Å². The third-order valence-electron chi connectivity index (χ3n) is 5.52. The first-order valence-electron chi connectivity index (χ1n) is 9.33. The summed E-state index contributed by atoms with van der Waals surface area (Å²) in [4.78, 5) is 12.5. The largest absolute Gasteiger partial charge is 0.324 e. The number of hydrogen-bond donors (Lipinski definition) is 2. The van der Waals surface area contributed by atoms with Gasteiger partial charge in [-0.3, -0.25) is 4.79 Å². The first-order valence-corrected chi connectivity index (χ1v) is 9.33. The molecular formula is C22H28N2O. The number of anilines is 1. The summed E-state index contributed by atoms with van der Waals surface area (Å²) < 4.78 is 0. The minimum Gasteiger partial charge on any atom is -0.324 e. The van der Waals surface area contributed by atoms with Gasteiger partial charge in [0.25, 0.3) is 0 Å². The molecular weight excluding hydrogens is 308 g/mol. The van der Waals surface area contributed by atoms with Crippen molar-refractivity contribution in [1.29, 1.82) is 0 Å². The zero-order valence-electron chi connectivity index (χ0n) is 15.2. The number of benzene rings is 2. The van der Waals surface area contributed by atoms with E-state index in [-0.39, 0.29) is 5.91 Å². The average molecular weight is 336 g/mol. The molecule has 1 amide bonds. The lowest BCUT2D eigenvalue weighted by Gasteiger charge is -2.34. The molecule has 0 spiro atoms. The Balaban J connectivity index is 1.62. The Morgan fingerprint density at radius 2 is 1.72 bits per heavy atom. The van der Waals surface area contributed by atoms with Gasteiger partial charge in [-0.1, -0.05) is 75.2 Å². The quantitative estimate of drug-likeness (QED) is 0.830. The molecule has 1 fully saturated rings. The molecule has 2 aromatic carbocycles. The van der Waals surface area contributed by atoms with Crippen LogP contribution in [-0.4, -0.2) is 18.5 Å². The van der Waals surface area contributed by atoms with Gasteiger partial charge in [-0.05, 0) is 29.9 Å². The molecule has 132 valence electrons. The SMILES string of the molecule is C[C@@H]1[C@H](C)CCC[C@H]1NCC(=O)Nc1ccccc1-c1ccccc1. The van der Waals surface area contributed by atoms with Crippen molar-refractivity contribution in [2.75, 3.05) is 11.9 Å². The van der Waals surface area contributed by atoms with E-state index in [2.05, 4.69) is 36.6 Å². The number of amides is 1. The van der Waals surface area contributed by atoms with Crippen LogP contribution >= 0.6 is 0 Å². The summed E-state index contributed by atoms with van der Waals surface area (Å²) in [6.45, 7) is 4.98. The molecule has 0 aromatic heterocycles. The van der Waals surface area contributed by atoms with Crippen LogP contribution in [0.4, 0.5) is 5.69 Å². The number of nitrogens with one attached hydrogen (secondary N) is 2. The van der Waals surface area contributed by atoms with E-state index in [1.54, 1.807) is 0 Å². The van der Waals surface area contributed by atoms with Gasteiger partial charge < -0.3 is 10.6 Å². The van der Waals surface area contributed by atoms with Gasteiger partial charge in [0, 0.05) is 17.3 Å². The number of carbonyl (C=O) groups is 1. The smallest absolute Gasteiger partial charge is 0.238 e. The molecule has 0 unspecified atom stereocenters. The highest BCUT2D eigenvalue weighted by Crippen LogP contribution is 2.30. The molecule has 0 bridgehead atoms. The molecule has 2 N–H and O–H groups in total.